The van der Waals surface area contributed by atoms with Gasteiger partial charge in [-0.1, -0.05) is 12.8 Å². The minimum atomic E-state index is -0.194. The zero-order chi connectivity index (χ0) is 10.8. The molecule has 1 aromatic heterocycles. The van der Waals surface area contributed by atoms with Gasteiger partial charge in [0.15, 0.2) is 0 Å². The van der Waals surface area contributed by atoms with Crippen LogP contribution in [0, 0.1) is 13.8 Å². The zero-order valence-electron chi connectivity index (χ0n) is 9.53. The fourth-order valence-corrected chi connectivity index (χ4v) is 2.30. The molecule has 0 spiro atoms. The molecular formula is C12H20N2O. The lowest BCUT2D eigenvalue weighted by atomic mass is 9.93. The van der Waals surface area contributed by atoms with E-state index in [9.17, 15) is 5.11 Å². The highest BCUT2D eigenvalue weighted by Gasteiger charge is 2.23. The molecule has 1 aliphatic carbocycles. The second-order valence-corrected chi connectivity index (χ2v) is 4.54. The summed E-state index contributed by atoms with van der Waals surface area (Å²) in [6, 6.07) is 4.40. The number of aliphatic hydroxyl groups excluding tert-OH is 1. The van der Waals surface area contributed by atoms with Crippen LogP contribution in [0.2, 0.25) is 0 Å². The normalized spacial score (nSPS) is 26.6. The maximum absolute atomic E-state index is 9.87. The third-order valence-electron chi connectivity index (χ3n) is 3.30. The Kier molecular flexibility index (Phi) is 3.00. The summed E-state index contributed by atoms with van der Waals surface area (Å²) < 4.78 is 2.08. The Bertz CT molecular complexity index is 313. The van der Waals surface area contributed by atoms with Crippen LogP contribution in [-0.2, 0) is 0 Å². The summed E-state index contributed by atoms with van der Waals surface area (Å²) in [7, 11) is 0. The largest absolute Gasteiger partial charge is 0.391 e. The molecular weight excluding hydrogens is 188 g/mol. The third-order valence-corrected chi connectivity index (χ3v) is 3.30. The first-order valence-corrected chi connectivity index (χ1v) is 5.78. The van der Waals surface area contributed by atoms with Crippen LogP contribution in [-0.4, -0.2) is 21.9 Å². The molecule has 1 fully saturated rings. The molecule has 0 saturated heterocycles. The number of aryl methyl sites for hydroxylation is 2. The molecule has 1 heterocycles. The molecule has 15 heavy (non-hydrogen) atoms. The molecule has 0 aliphatic heterocycles. The number of aliphatic hydroxyl groups is 1. The van der Waals surface area contributed by atoms with E-state index >= 15 is 0 Å². The van der Waals surface area contributed by atoms with Gasteiger partial charge in [0.2, 0.25) is 0 Å². The Morgan fingerprint density at radius 2 is 1.80 bits per heavy atom. The van der Waals surface area contributed by atoms with Gasteiger partial charge in [0.25, 0.3) is 0 Å². The van der Waals surface area contributed by atoms with E-state index in [0.29, 0.717) is 0 Å². The quantitative estimate of drug-likeness (QED) is 0.779. The maximum Gasteiger partial charge on any atom is 0.0756 e. The monoisotopic (exact) mass is 208 g/mol. The van der Waals surface area contributed by atoms with Gasteiger partial charge in [0.05, 0.1) is 12.1 Å². The first-order valence-electron chi connectivity index (χ1n) is 5.78. The van der Waals surface area contributed by atoms with Crippen molar-refractivity contribution < 1.29 is 5.11 Å². The van der Waals surface area contributed by atoms with Gasteiger partial charge in [-0.2, -0.15) is 0 Å². The van der Waals surface area contributed by atoms with Crippen LogP contribution in [0.15, 0.2) is 12.1 Å². The number of hydrogen-bond acceptors (Lipinski definition) is 2. The molecule has 2 rings (SSSR count). The van der Waals surface area contributed by atoms with Crippen molar-refractivity contribution >= 4 is 0 Å². The molecule has 0 amide bonds. The molecule has 0 bridgehead atoms. The van der Waals surface area contributed by atoms with Gasteiger partial charge in [-0.15, -0.1) is 0 Å². The number of nitrogens with zero attached hydrogens (tertiary/aromatic N) is 1. The molecule has 84 valence electrons. The summed E-state index contributed by atoms with van der Waals surface area (Å²) in [5, 5.41) is 9.87. The van der Waals surface area contributed by atoms with Crippen molar-refractivity contribution in [3.8, 4) is 0 Å². The van der Waals surface area contributed by atoms with Crippen molar-refractivity contribution in [2.24, 2.45) is 0 Å². The van der Waals surface area contributed by atoms with Crippen molar-refractivity contribution in [3.63, 3.8) is 0 Å². The number of hydrogen-bond donors (Lipinski definition) is 2. The van der Waals surface area contributed by atoms with Gasteiger partial charge >= 0.3 is 0 Å². The minimum absolute atomic E-state index is 0.194. The van der Waals surface area contributed by atoms with Gasteiger partial charge in [-0.05, 0) is 38.8 Å². The van der Waals surface area contributed by atoms with Crippen molar-refractivity contribution in [3.05, 3.63) is 23.5 Å². The van der Waals surface area contributed by atoms with Crippen molar-refractivity contribution in [2.75, 3.05) is 5.43 Å². The van der Waals surface area contributed by atoms with Crippen molar-refractivity contribution in [1.29, 1.82) is 0 Å². The molecule has 3 heteroatoms. The second-order valence-electron chi connectivity index (χ2n) is 4.54. The van der Waals surface area contributed by atoms with Crippen molar-refractivity contribution in [2.45, 2.75) is 51.7 Å². The molecule has 2 atom stereocenters. The minimum Gasteiger partial charge on any atom is -0.391 e. The Morgan fingerprint density at radius 3 is 2.40 bits per heavy atom. The van der Waals surface area contributed by atoms with Gasteiger partial charge in [0.1, 0.15) is 0 Å². The summed E-state index contributed by atoms with van der Waals surface area (Å²) >= 11 is 0. The maximum atomic E-state index is 9.87. The Labute approximate surface area is 91.1 Å². The second kappa shape index (κ2) is 4.27. The summed E-state index contributed by atoms with van der Waals surface area (Å²) in [5.41, 5.74) is 5.81. The van der Waals surface area contributed by atoms with E-state index in [1.165, 1.54) is 17.8 Å². The standard InChI is InChI=1S/C12H20N2O/c1-9-7-8-10(2)14(9)13-11-5-3-4-6-12(11)15/h7-8,11-13,15H,3-6H2,1-2H3. The first kappa shape index (κ1) is 10.6. The molecule has 2 N–H and O–H groups in total. The van der Waals surface area contributed by atoms with Gasteiger partial charge in [-0.25, -0.2) is 0 Å². The van der Waals surface area contributed by atoms with Gasteiger partial charge < -0.3 is 10.5 Å². The van der Waals surface area contributed by atoms with Crippen LogP contribution in [0.3, 0.4) is 0 Å². The van der Waals surface area contributed by atoms with E-state index < -0.39 is 0 Å². The van der Waals surface area contributed by atoms with Crippen molar-refractivity contribution in [1.82, 2.24) is 4.68 Å². The van der Waals surface area contributed by atoms with Gasteiger partial charge in [-0.3, -0.25) is 4.68 Å². The SMILES string of the molecule is Cc1ccc(C)n1NC1CCCCC1O. The predicted octanol–water partition coefficient (Wildman–Crippen LogP) is 1.95. The molecule has 0 radical (unpaired) electrons. The lowest BCUT2D eigenvalue weighted by Crippen LogP contribution is -2.41. The number of nitrogens with one attached hydrogen (secondary N) is 1. The molecule has 3 nitrogen and oxygen atoms in total. The predicted molar refractivity (Wildman–Crippen MR) is 61.5 cm³/mol. The average Bonchev–Trinajstić information content (AvgIpc) is 2.53. The third kappa shape index (κ3) is 2.17. The summed E-state index contributed by atoms with van der Waals surface area (Å²) in [6.07, 6.45) is 4.17. The Balaban J connectivity index is 2.07. The van der Waals surface area contributed by atoms with E-state index in [2.05, 4.69) is 36.1 Å². The first-order chi connectivity index (χ1) is 7.18. The lowest BCUT2D eigenvalue weighted by molar-refractivity contribution is 0.111. The highest BCUT2D eigenvalue weighted by atomic mass is 16.3. The highest BCUT2D eigenvalue weighted by molar-refractivity contribution is 5.16. The van der Waals surface area contributed by atoms with Crippen LogP contribution in [0.1, 0.15) is 37.1 Å². The summed E-state index contributed by atoms with van der Waals surface area (Å²) in [5.74, 6) is 0. The molecule has 1 aliphatic rings. The molecule has 1 saturated carbocycles. The molecule has 2 unspecified atom stereocenters. The smallest absolute Gasteiger partial charge is 0.0756 e. The van der Waals surface area contributed by atoms with Crippen LogP contribution in [0.4, 0.5) is 0 Å². The molecule has 0 aromatic carbocycles. The van der Waals surface area contributed by atoms with E-state index in [-0.39, 0.29) is 12.1 Å². The lowest BCUT2D eigenvalue weighted by Gasteiger charge is -2.30. The summed E-state index contributed by atoms with van der Waals surface area (Å²) in [6.45, 7) is 4.16. The summed E-state index contributed by atoms with van der Waals surface area (Å²) in [4.78, 5) is 0. The number of aromatic nitrogens is 1. The zero-order valence-corrected chi connectivity index (χ0v) is 9.53. The topological polar surface area (TPSA) is 37.2 Å². The fourth-order valence-electron chi connectivity index (χ4n) is 2.30. The Morgan fingerprint density at radius 1 is 1.20 bits per heavy atom. The van der Waals surface area contributed by atoms with Crippen LogP contribution >= 0.6 is 0 Å². The van der Waals surface area contributed by atoms with Crippen LogP contribution < -0.4 is 5.43 Å². The highest BCUT2D eigenvalue weighted by Crippen LogP contribution is 2.20. The van der Waals surface area contributed by atoms with Crippen LogP contribution in [0.25, 0.3) is 0 Å². The van der Waals surface area contributed by atoms with E-state index in [1.807, 2.05) is 0 Å². The van der Waals surface area contributed by atoms with E-state index in [4.69, 9.17) is 0 Å². The molecule has 1 aromatic rings. The van der Waals surface area contributed by atoms with Crippen LogP contribution in [0.5, 0.6) is 0 Å². The van der Waals surface area contributed by atoms with E-state index in [0.717, 1.165) is 19.3 Å². The van der Waals surface area contributed by atoms with E-state index in [1.54, 1.807) is 0 Å². The average molecular weight is 208 g/mol. The Hall–Kier alpha value is -0.960. The van der Waals surface area contributed by atoms with Gasteiger partial charge in [0, 0.05) is 11.4 Å². The number of rotatable bonds is 2. The fraction of sp³-hybridized carbons (Fsp3) is 0.667.